The summed E-state index contributed by atoms with van der Waals surface area (Å²) in [5, 5.41) is 11.2. The van der Waals surface area contributed by atoms with E-state index in [0.29, 0.717) is 18.1 Å². The molecule has 0 atom stereocenters. The molecule has 5 aromatic heterocycles. The van der Waals surface area contributed by atoms with Crippen LogP contribution in [0.15, 0.2) is 97.6 Å². The summed E-state index contributed by atoms with van der Waals surface area (Å²) in [5.74, 6) is 0.643. The molecule has 2 aromatic carbocycles. The number of rotatable bonds is 7. The van der Waals surface area contributed by atoms with Crippen LogP contribution in [0.25, 0.3) is 56.0 Å². The smallest absolute Gasteiger partial charge is 0.161 e. The lowest BCUT2D eigenvalue weighted by Gasteiger charge is -2.07. The summed E-state index contributed by atoms with van der Waals surface area (Å²) in [5.41, 5.74) is 11.3. The van der Waals surface area contributed by atoms with Gasteiger partial charge in [-0.15, -0.1) is 0 Å². The van der Waals surface area contributed by atoms with Gasteiger partial charge in [0.25, 0.3) is 0 Å². The lowest BCUT2D eigenvalue weighted by molar-refractivity contribution is 0.691. The minimum Gasteiger partial charge on any atom is -0.335 e. The van der Waals surface area contributed by atoms with Gasteiger partial charge in [-0.2, -0.15) is 5.10 Å². The van der Waals surface area contributed by atoms with Crippen molar-refractivity contribution in [2.24, 2.45) is 0 Å². The van der Waals surface area contributed by atoms with Gasteiger partial charge in [0, 0.05) is 42.8 Å². The molecule has 0 amide bonds. The predicted octanol–water partition coefficient (Wildman–Crippen LogP) is 6.22. The summed E-state index contributed by atoms with van der Waals surface area (Å²) < 4.78 is 0. The largest absolute Gasteiger partial charge is 0.335 e. The quantitative estimate of drug-likeness (QED) is 0.229. The van der Waals surface area contributed by atoms with Crippen molar-refractivity contribution in [2.75, 3.05) is 0 Å². The lowest BCUT2D eigenvalue weighted by Crippen LogP contribution is -2.12. The minimum absolute atomic E-state index is 0.643. The zero-order valence-corrected chi connectivity index (χ0v) is 21.9. The van der Waals surface area contributed by atoms with E-state index in [1.54, 1.807) is 6.20 Å². The first-order chi connectivity index (χ1) is 19.7. The fourth-order valence-corrected chi connectivity index (χ4v) is 4.97. The summed E-state index contributed by atoms with van der Waals surface area (Å²) in [6, 6.07) is 24.8. The lowest BCUT2D eigenvalue weighted by atomic mass is 10.0. The molecule has 0 aliphatic rings. The number of hydrogen-bond acceptors (Lipinski definition) is 6. The maximum Gasteiger partial charge on any atom is 0.161 e. The SMILES string of the molecule is Cc1cccc(-c2cncc3[nH]c(-c4n[nH]c5ccc(-c6cncc(CNCc7ccccc7)c6)nc45)nc23)c1. The summed E-state index contributed by atoms with van der Waals surface area (Å²) in [6.45, 7) is 3.59. The molecule has 0 radical (unpaired) electrons. The molecule has 5 heterocycles. The van der Waals surface area contributed by atoms with Crippen molar-refractivity contribution >= 4 is 22.1 Å². The van der Waals surface area contributed by atoms with Gasteiger partial charge in [-0.05, 0) is 41.8 Å². The predicted molar refractivity (Wildman–Crippen MR) is 157 cm³/mol. The average molecular weight is 523 g/mol. The van der Waals surface area contributed by atoms with Crippen LogP contribution in [0.3, 0.4) is 0 Å². The third-order valence-electron chi connectivity index (χ3n) is 6.95. The van der Waals surface area contributed by atoms with Crippen molar-refractivity contribution in [3.8, 4) is 33.9 Å². The normalized spacial score (nSPS) is 11.4. The molecule has 0 aliphatic carbocycles. The van der Waals surface area contributed by atoms with E-state index in [-0.39, 0.29) is 0 Å². The number of benzene rings is 2. The van der Waals surface area contributed by atoms with E-state index < -0.39 is 0 Å². The number of nitrogens with zero attached hydrogens (tertiary/aromatic N) is 5. The van der Waals surface area contributed by atoms with Crippen molar-refractivity contribution in [2.45, 2.75) is 20.0 Å². The number of pyridine rings is 3. The van der Waals surface area contributed by atoms with Crippen molar-refractivity contribution in [3.05, 3.63) is 114 Å². The molecule has 8 nitrogen and oxygen atoms in total. The van der Waals surface area contributed by atoms with Crippen LogP contribution in [-0.4, -0.2) is 35.1 Å². The molecule has 0 saturated heterocycles. The molecule has 40 heavy (non-hydrogen) atoms. The van der Waals surface area contributed by atoms with Crippen LogP contribution < -0.4 is 5.32 Å². The third-order valence-corrected chi connectivity index (χ3v) is 6.95. The van der Waals surface area contributed by atoms with Crippen LogP contribution in [0, 0.1) is 6.92 Å². The van der Waals surface area contributed by atoms with Crippen LogP contribution in [0.4, 0.5) is 0 Å². The summed E-state index contributed by atoms with van der Waals surface area (Å²) >= 11 is 0. The number of aromatic amines is 2. The average Bonchev–Trinajstić information content (AvgIpc) is 3.62. The molecule has 0 unspecified atom stereocenters. The van der Waals surface area contributed by atoms with Gasteiger partial charge in [0.05, 0.1) is 28.4 Å². The highest BCUT2D eigenvalue weighted by Crippen LogP contribution is 2.31. The summed E-state index contributed by atoms with van der Waals surface area (Å²) in [7, 11) is 0. The van der Waals surface area contributed by atoms with Gasteiger partial charge in [0.1, 0.15) is 5.52 Å². The van der Waals surface area contributed by atoms with Gasteiger partial charge in [0.2, 0.25) is 0 Å². The van der Waals surface area contributed by atoms with Crippen LogP contribution in [0.2, 0.25) is 0 Å². The molecule has 0 aliphatic heterocycles. The third kappa shape index (κ3) is 4.61. The Morgan fingerprint density at radius 2 is 1.57 bits per heavy atom. The minimum atomic E-state index is 0.643. The summed E-state index contributed by atoms with van der Waals surface area (Å²) in [6.07, 6.45) is 7.38. The van der Waals surface area contributed by atoms with E-state index in [0.717, 1.165) is 56.6 Å². The molecule has 8 heteroatoms. The highest BCUT2D eigenvalue weighted by Gasteiger charge is 2.17. The monoisotopic (exact) mass is 522 g/mol. The van der Waals surface area contributed by atoms with E-state index in [4.69, 9.17) is 9.97 Å². The first-order valence-corrected chi connectivity index (χ1v) is 13.2. The molecular weight excluding hydrogens is 496 g/mol. The number of aromatic nitrogens is 7. The Morgan fingerprint density at radius 1 is 0.700 bits per heavy atom. The van der Waals surface area contributed by atoms with Crippen molar-refractivity contribution in [1.29, 1.82) is 0 Å². The molecule has 0 saturated carbocycles. The second kappa shape index (κ2) is 10.2. The van der Waals surface area contributed by atoms with E-state index >= 15 is 0 Å². The van der Waals surface area contributed by atoms with Gasteiger partial charge in [0.15, 0.2) is 11.5 Å². The molecule has 7 aromatic rings. The summed E-state index contributed by atoms with van der Waals surface area (Å²) in [4.78, 5) is 22.3. The first-order valence-electron chi connectivity index (χ1n) is 13.2. The number of nitrogens with one attached hydrogen (secondary N) is 3. The molecule has 194 valence electrons. The van der Waals surface area contributed by atoms with Crippen LogP contribution >= 0.6 is 0 Å². The molecule has 7 rings (SSSR count). The van der Waals surface area contributed by atoms with E-state index in [1.165, 1.54) is 11.1 Å². The molecule has 0 bridgehead atoms. The van der Waals surface area contributed by atoms with Gasteiger partial charge in [-0.3, -0.25) is 15.1 Å². The van der Waals surface area contributed by atoms with E-state index in [9.17, 15) is 0 Å². The Kier molecular flexibility index (Phi) is 6.07. The first kappa shape index (κ1) is 23.9. The maximum absolute atomic E-state index is 4.98. The van der Waals surface area contributed by atoms with Crippen molar-refractivity contribution in [1.82, 2.24) is 40.4 Å². The fraction of sp³-hybridized carbons (Fsp3) is 0.0938. The number of aryl methyl sites for hydroxylation is 1. The standard InChI is InChI=1S/C32H26N8/c1-20-6-5-9-23(12-20)25-18-35-19-28-29(25)38-32(37-28)31-30-27(39-40-31)11-10-26(36-30)24-13-22(16-34-17-24)15-33-14-21-7-3-2-4-8-21/h2-13,16-19,33H,14-15H2,1H3,(H,37,38)(H,39,40). The number of imidazole rings is 1. The highest BCUT2D eigenvalue weighted by atomic mass is 15.1. The zero-order valence-electron chi connectivity index (χ0n) is 21.9. The van der Waals surface area contributed by atoms with E-state index in [2.05, 4.69) is 85.9 Å². The van der Waals surface area contributed by atoms with Gasteiger partial charge >= 0.3 is 0 Å². The second-order valence-corrected chi connectivity index (χ2v) is 9.87. The Bertz CT molecular complexity index is 1960. The molecule has 0 spiro atoms. The Morgan fingerprint density at radius 3 is 2.48 bits per heavy atom. The molecule has 3 N–H and O–H groups in total. The van der Waals surface area contributed by atoms with Gasteiger partial charge in [-0.1, -0.05) is 60.2 Å². The topological polar surface area (TPSA) is 108 Å². The maximum atomic E-state index is 4.98. The fourth-order valence-electron chi connectivity index (χ4n) is 4.97. The number of fused-ring (bicyclic) bond motifs is 2. The zero-order chi connectivity index (χ0) is 26.9. The highest BCUT2D eigenvalue weighted by molar-refractivity contribution is 5.95. The number of hydrogen-bond donors (Lipinski definition) is 3. The van der Waals surface area contributed by atoms with Crippen LogP contribution in [0.1, 0.15) is 16.7 Å². The van der Waals surface area contributed by atoms with E-state index in [1.807, 2.05) is 42.9 Å². The Labute approximate surface area is 230 Å². The number of H-pyrrole nitrogens is 2. The van der Waals surface area contributed by atoms with Gasteiger partial charge in [-0.25, -0.2) is 9.97 Å². The molecular formula is C32H26N8. The van der Waals surface area contributed by atoms with Crippen LogP contribution in [0.5, 0.6) is 0 Å². The van der Waals surface area contributed by atoms with Crippen molar-refractivity contribution in [3.63, 3.8) is 0 Å². The van der Waals surface area contributed by atoms with Gasteiger partial charge < -0.3 is 10.3 Å². The Hall–Kier alpha value is -5.21. The molecule has 0 fully saturated rings. The van der Waals surface area contributed by atoms with Crippen molar-refractivity contribution < 1.29 is 0 Å². The Balaban J connectivity index is 1.20. The van der Waals surface area contributed by atoms with Crippen LogP contribution in [-0.2, 0) is 13.1 Å². The second-order valence-electron chi connectivity index (χ2n) is 9.87.